The summed E-state index contributed by atoms with van der Waals surface area (Å²) in [5.41, 5.74) is 8.15. The van der Waals surface area contributed by atoms with Gasteiger partial charge in [0.2, 0.25) is 0 Å². The van der Waals surface area contributed by atoms with Crippen LogP contribution in [0.25, 0.3) is 0 Å². The minimum atomic E-state index is 0.687. The zero-order valence-corrected chi connectivity index (χ0v) is 7.09. The summed E-state index contributed by atoms with van der Waals surface area (Å²) in [5.74, 6) is 0.687. The lowest BCUT2D eigenvalue weighted by atomic mass is 10.1. The molecule has 0 aliphatic rings. The Morgan fingerprint density at radius 2 is 2.27 bits per heavy atom. The summed E-state index contributed by atoms with van der Waals surface area (Å²) in [4.78, 5) is 4.04. The van der Waals surface area contributed by atoms with Crippen molar-refractivity contribution in [3.05, 3.63) is 23.4 Å². The Balaban J connectivity index is 3.00. The predicted octanol–water partition coefficient (Wildman–Crippen LogP) is 1.92. The summed E-state index contributed by atoms with van der Waals surface area (Å²) in [7, 11) is 0. The Morgan fingerprint density at radius 3 is 2.82 bits per heavy atom. The molecule has 2 heteroatoms. The van der Waals surface area contributed by atoms with Crippen LogP contribution in [-0.4, -0.2) is 4.98 Å². The number of hydrogen-bond acceptors (Lipinski definition) is 2. The van der Waals surface area contributed by atoms with E-state index < -0.39 is 0 Å². The quantitative estimate of drug-likeness (QED) is 0.699. The third kappa shape index (κ3) is 1.70. The number of nitrogens with two attached hydrogens (primary N) is 1. The number of nitrogens with zero attached hydrogens (tertiary/aromatic N) is 1. The molecule has 0 saturated carbocycles. The number of hydrogen-bond donors (Lipinski definition) is 1. The van der Waals surface area contributed by atoms with Gasteiger partial charge in [-0.15, -0.1) is 0 Å². The van der Waals surface area contributed by atoms with Crippen molar-refractivity contribution in [1.82, 2.24) is 4.98 Å². The number of anilines is 1. The van der Waals surface area contributed by atoms with Gasteiger partial charge in [-0.3, -0.25) is 0 Å². The number of aromatic nitrogens is 1. The van der Waals surface area contributed by atoms with Crippen molar-refractivity contribution in [2.24, 2.45) is 0 Å². The van der Waals surface area contributed by atoms with Crippen molar-refractivity contribution in [3.63, 3.8) is 0 Å². The third-order valence-corrected chi connectivity index (χ3v) is 1.82. The molecule has 2 nitrogen and oxygen atoms in total. The molecule has 0 bridgehead atoms. The first kappa shape index (κ1) is 8.05. The highest BCUT2D eigenvalue weighted by atomic mass is 14.8. The standard InChI is InChI=1S/C9H14N2/c1-3-4-8-7(2)5-6-11-9(8)10/h5-6H,3-4H2,1-2H3,(H2,10,11). The minimum absolute atomic E-state index is 0.687. The summed E-state index contributed by atoms with van der Waals surface area (Å²) in [6.07, 6.45) is 3.91. The highest BCUT2D eigenvalue weighted by Crippen LogP contribution is 2.14. The lowest BCUT2D eigenvalue weighted by molar-refractivity contribution is 0.908. The third-order valence-electron chi connectivity index (χ3n) is 1.82. The fourth-order valence-electron chi connectivity index (χ4n) is 1.19. The molecule has 11 heavy (non-hydrogen) atoms. The van der Waals surface area contributed by atoms with E-state index in [1.807, 2.05) is 6.07 Å². The Bertz CT molecular complexity index is 223. The Kier molecular flexibility index (Phi) is 2.47. The predicted molar refractivity (Wildman–Crippen MR) is 47.4 cm³/mol. The number of nitrogen functional groups attached to an aromatic ring is 1. The van der Waals surface area contributed by atoms with Gasteiger partial charge in [0.1, 0.15) is 5.82 Å². The van der Waals surface area contributed by atoms with E-state index in [9.17, 15) is 0 Å². The molecule has 0 aromatic carbocycles. The number of pyridine rings is 1. The largest absolute Gasteiger partial charge is 0.383 e. The number of rotatable bonds is 2. The van der Waals surface area contributed by atoms with Gasteiger partial charge < -0.3 is 5.73 Å². The second-order valence-corrected chi connectivity index (χ2v) is 2.74. The average molecular weight is 150 g/mol. The fourth-order valence-corrected chi connectivity index (χ4v) is 1.19. The molecule has 1 aromatic rings. The van der Waals surface area contributed by atoms with Gasteiger partial charge in [0.25, 0.3) is 0 Å². The van der Waals surface area contributed by atoms with E-state index in [0.29, 0.717) is 5.82 Å². The van der Waals surface area contributed by atoms with Gasteiger partial charge in [-0.2, -0.15) is 0 Å². The van der Waals surface area contributed by atoms with Gasteiger partial charge in [0, 0.05) is 6.20 Å². The summed E-state index contributed by atoms with van der Waals surface area (Å²) in [5, 5.41) is 0. The van der Waals surface area contributed by atoms with E-state index in [2.05, 4.69) is 18.8 Å². The van der Waals surface area contributed by atoms with Crippen molar-refractivity contribution < 1.29 is 0 Å². The summed E-state index contributed by atoms with van der Waals surface area (Å²) < 4.78 is 0. The van der Waals surface area contributed by atoms with E-state index in [-0.39, 0.29) is 0 Å². The van der Waals surface area contributed by atoms with Crippen LogP contribution in [-0.2, 0) is 6.42 Å². The van der Waals surface area contributed by atoms with Crippen LogP contribution in [0.1, 0.15) is 24.5 Å². The molecule has 0 amide bonds. The van der Waals surface area contributed by atoms with Crippen LogP contribution < -0.4 is 5.73 Å². The maximum Gasteiger partial charge on any atom is 0.126 e. The first-order chi connectivity index (χ1) is 5.25. The molecule has 0 aliphatic carbocycles. The van der Waals surface area contributed by atoms with Crippen molar-refractivity contribution in [1.29, 1.82) is 0 Å². The van der Waals surface area contributed by atoms with Crippen molar-refractivity contribution in [2.45, 2.75) is 26.7 Å². The molecule has 0 spiro atoms. The zero-order valence-electron chi connectivity index (χ0n) is 7.09. The molecule has 0 radical (unpaired) electrons. The first-order valence-electron chi connectivity index (χ1n) is 3.95. The lowest BCUT2D eigenvalue weighted by Crippen LogP contribution is -1.99. The highest BCUT2D eigenvalue weighted by molar-refractivity contribution is 5.43. The van der Waals surface area contributed by atoms with Crippen LogP contribution in [0, 0.1) is 6.92 Å². The van der Waals surface area contributed by atoms with E-state index in [1.54, 1.807) is 6.20 Å². The van der Waals surface area contributed by atoms with E-state index in [4.69, 9.17) is 5.73 Å². The van der Waals surface area contributed by atoms with Gasteiger partial charge in [-0.25, -0.2) is 4.98 Å². The molecular weight excluding hydrogens is 136 g/mol. The van der Waals surface area contributed by atoms with Crippen molar-refractivity contribution >= 4 is 5.82 Å². The van der Waals surface area contributed by atoms with Gasteiger partial charge in [-0.05, 0) is 30.5 Å². The topological polar surface area (TPSA) is 38.9 Å². The maximum atomic E-state index is 5.70. The molecule has 1 heterocycles. The van der Waals surface area contributed by atoms with E-state index in [1.165, 1.54) is 11.1 Å². The van der Waals surface area contributed by atoms with Gasteiger partial charge >= 0.3 is 0 Å². The van der Waals surface area contributed by atoms with E-state index >= 15 is 0 Å². The van der Waals surface area contributed by atoms with Crippen LogP contribution in [0.2, 0.25) is 0 Å². The monoisotopic (exact) mass is 150 g/mol. The maximum absolute atomic E-state index is 5.70. The molecular formula is C9H14N2. The average Bonchev–Trinajstić information content (AvgIpc) is 1.97. The second kappa shape index (κ2) is 3.37. The van der Waals surface area contributed by atoms with Gasteiger partial charge in [0.15, 0.2) is 0 Å². The molecule has 60 valence electrons. The minimum Gasteiger partial charge on any atom is -0.383 e. The molecule has 0 aliphatic heterocycles. The number of aryl methyl sites for hydroxylation is 1. The normalized spacial score (nSPS) is 10.0. The van der Waals surface area contributed by atoms with E-state index in [0.717, 1.165) is 12.8 Å². The Morgan fingerprint density at radius 1 is 1.55 bits per heavy atom. The molecule has 0 fully saturated rings. The summed E-state index contributed by atoms with van der Waals surface area (Å²) >= 11 is 0. The molecule has 1 aromatic heterocycles. The van der Waals surface area contributed by atoms with Crippen LogP contribution in [0.4, 0.5) is 5.82 Å². The SMILES string of the molecule is CCCc1c(C)ccnc1N. The van der Waals surface area contributed by atoms with Crippen molar-refractivity contribution in [3.8, 4) is 0 Å². The van der Waals surface area contributed by atoms with Gasteiger partial charge in [-0.1, -0.05) is 13.3 Å². The summed E-state index contributed by atoms with van der Waals surface area (Å²) in [6.45, 7) is 4.22. The smallest absolute Gasteiger partial charge is 0.126 e. The zero-order chi connectivity index (χ0) is 8.27. The van der Waals surface area contributed by atoms with Crippen LogP contribution in [0.5, 0.6) is 0 Å². The Labute approximate surface area is 67.5 Å². The highest BCUT2D eigenvalue weighted by Gasteiger charge is 2.00. The molecule has 0 saturated heterocycles. The fraction of sp³-hybridized carbons (Fsp3) is 0.444. The molecule has 0 unspecified atom stereocenters. The van der Waals surface area contributed by atoms with Crippen LogP contribution in [0.3, 0.4) is 0 Å². The molecule has 1 rings (SSSR count). The first-order valence-corrected chi connectivity index (χ1v) is 3.95. The molecule has 0 atom stereocenters. The summed E-state index contributed by atoms with van der Waals surface area (Å²) in [6, 6.07) is 2.00. The lowest BCUT2D eigenvalue weighted by Gasteiger charge is -2.05. The van der Waals surface area contributed by atoms with Crippen LogP contribution >= 0.6 is 0 Å². The van der Waals surface area contributed by atoms with Crippen molar-refractivity contribution in [2.75, 3.05) is 5.73 Å². The Hall–Kier alpha value is -1.05. The van der Waals surface area contributed by atoms with Crippen LogP contribution in [0.15, 0.2) is 12.3 Å². The van der Waals surface area contributed by atoms with Gasteiger partial charge in [0.05, 0.1) is 0 Å². The molecule has 2 N–H and O–H groups in total. The second-order valence-electron chi connectivity index (χ2n) is 2.74.